The van der Waals surface area contributed by atoms with Gasteiger partial charge in [0.05, 0.1) is 21.2 Å². The smallest absolute Gasteiger partial charge is 0.257 e. The molecule has 3 aromatic rings. The lowest BCUT2D eigenvalue weighted by Crippen LogP contribution is -2.13. The maximum atomic E-state index is 14.5. The minimum absolute atomic E-state index is 0.0130. The summed E-state index contributed by atoms with van der Waals surface area (Å²) in [6, 6.07) is 6.26. The number of halogens is 4. The van der Waals surface area contributed by atoms with E-state index in [1.165, 1.54) is 18.2 Å². The van der Waals surface area contributed by atoms with Crippen LogP contribution in [0.1, 0.15) is 35.4 Å². The number of hydrogen-bond acceptors (Lipinski definition) is 3. The Labute approximate surface area is 175 Å². The van der Waals surface area contributed by atoms with Crippen molar-refractivity contribution in [2.24, 2.45) is 0 Å². The highest BCUT2D eigenvalue weighted by molar-refractivity contribution is 6.37. The number of nitrogens with one attached hydrogen (secondary N) is 1. The fourth-order valence-electron chi connectivity index (χ4n) is 3.35. The van der Waals surface area contributed by atoms with Crippen molar-refractivity contribution in [3.8, 4) is 11.4 Å². The first kappa shape index (κ1) is 19.8. The number of benzene rings is 2. The highest BCUT2D eigenvalue weighted by atomic mass is 35.5. The number of amides is 1. The van der Waals surface area contributed by atoms with Crippen molar-refractivity contribution in [3.63, 3.8) is 0 Å². The van der Waals surface area contributed by atoms with Crippen LogP contribution in [0.25, 0.3) is 11.4 Å². The molecule has 0 aliphatic carbocycles. The van der Waals surface area contributed by atoms with Gasteiger partial charge in [-0.05, 0) is 43.2 Å². The first-order valence-electron chi connectivity index (χ1n) is 9.12. The zero-order valence-corrected chi connectivity index (χ0v) is 16.7. The lowest BCUT2D eigenvalue weighted by Gasteiger charge is -2.11. The SMILES string of the molecule is O=C(Nc1ccc(F)c(-c2nnc3n2CCCCC3)c1)c1cc(F)c(Cl)cc1Cl. The monoisotopic (exact) mass is 436 g/mol. The van der Waals surface area contributed by atoms with Crippen LogP contribution in [0.3, 0.4) is 0 Å². The molecule has 0 saturated heterocycles. The number of rotatable bonds is 3. The lowest BCUT2D eigenvalue weighted by molar-refractivity contribution is 0.102. The first-order valence-corrected chi connectivity index (χ1v) is 9.87. The van der Waals surface area contributed by atoms with Crippen LogP contribution in [0.5, 0.6) is 0 Å². The molecule has 2 aromatic carbocycles. The van der Waals surface area contributed by atoms with Crippen LogP contribution in [0.2, 0.25) is 10.0 Å². The quantitative estimate of drug-likeness (QED) is 0.550. The maximum absolute atomic E-state index is 14.5. The van der Waals surface area contributed by atoms with Crippen LogP contribution in [0.15, 0.2) is 30.3 Å². The van der Waals surface area contributed by atoms with Crippen LogP contribution >= 0.6 is 23.2 Å². The van der Waals surface area contributed by atoms with E-state index in [0.29, 0.717) is 18.1 Å². The molecule has 29 heavy (non-hydrogen) atoms. The molecular formula is C20H16Cl2F2N4O. The summed E-state index contributed by atoms with van der Waals surface area (Å²) >= 11 is 11.7. The third kappa shape index (κ3) is 3.97. The molecule has 0 bridgehead atoms. The molecule has 0 fully saturated rings. The number of aryl methyl sites for hydroxylation is 1. The van der Waals surface area contributed by atoms with Gasteiger partial charge < -0.3 is 9.88 Å². The fraction of sp³-hybridized carbons (Fsp3) is 0.250. The van der Waals surface area contributed by atoms with Gasteiger partial charge in [0.1, 0.15) is 17.5 Å². The van der Waals surface area contributed by atoms with Crippen LogP contribution < -0.4 is 5.32 Å². The molecule has 0 spiro atoms. The van der Waals surface area contributed by atoms with Crippen LogP contribution in [-0.4, -0.2) is 20.7 Å². The molecule has 5 nitrogen and oxygen atoms in total. The van der Waals surface area contributed by atoms with E-state index in [4.69, 9.17) is 23.2 Å². The molecular weight excluding hydrogens is 421 g/mol. The third-order valence-electron chi connectivity index (χ3n) is 4.83. The second-order valence-corrected chi connectivity index (χ2v) is 7.61. The van der Waals surface area contributed by atoms with Crippen molar-refractivity contribution < 1.29 is 13.6 Å². The van der Waals surface area contributed by atoms with E-state index in [0.717, 1.165) is 43.6 Å². The average Bonchev–Trinajstić information content (AvgIpc) is 2.93. The van der Waals surface area contributed by atoms with E-state index < -0.39 is 17.5 Å². The molecule has 9 heteroatoms. The largest absolute Gasteiger partial charge is 0.322 e. The van der Waals surface area contributed by atoms with Crippen molar-refractivity contribution in [1.29, 1.82) is 0 Å². The van der Waals surface area contributed by atoms with Gasteiger partial charge >= 0.3 is 0 Å². The molecule has 1 aromatic heterocycles. The Kier molecular flexibility index (Phi) is 5.52. The summed E-state index contributed by atoms with van der Waals surface area (Å²) in [6.07, 6.45) is 3.87. The Hall–Kier alpha value is -2.51. The summed E-state index contributed by atoms with van der Waals surface area (Å²) in [7, 11) is 0. The van der Waals surface area contributed by atoms with Crippen molar-refractivity contribution in [3.05, 3.63) is 63.4 Å². The predicted octanol–water partition coefficient (Wildman–Crippen LogP) is 5.51. The molecule has 1 aliphatic rings. The highest BCUT2D eigenvalue weighted by Gasteiger charge is 2.20. The summed E-state index contributed by atoms with van der Waals surface area (Å²) < 4.78 is 30.2. The standard InChI is InChI=1S/C20H16Cl2F2N4O/c21-14-10-15(22)17(24)9-12(14)20(29)25-11-5-6-16(23)13(8-11)19-27-26-18-4-2-1-3-7-28(18)19/h5-6,8-10H,1-4,7H2,(H,25,29). The Morgan fingerprint density at radius 2 is 1.83 bits per heavy atom. The average molecular weight is 437 g/mol. The molecule has 0 unspecified atom stereocenters. The lowest BCUT2D eigenvalue weighted by atomic mass is 10.1. The van der Waals surface area contributed by atoms with E-state index in [1.807, 2.05) is 4.57 Å². The summed E-state index contributed by atoms with van der Waals surface area (Å²) in [5.41, 5.74) is 0.483. The van der Waals surface area contributed by atoms with E-state index in [1.54, 1.807) is 0 Å². The fourth-order valence-corrected chi connectivity index (χ4v) is 3.82. The molecule has 1 N–H and O–H groups in total. The van der Waals surface area contributed by atoms with Crippen molar-refractivity contribution >= 4 is 34.8 Å². The Balaban J connectivity index is 1.65. The molecule has 150 valence electrons. The van der Waals surface area contributed by atoms with Crippen molar-refractivity contribution in [1.82, 2.24) is 14.8 Å². The Bertz CT molecular complexity index is 1100. The molecule has 1 amide bonds. The Morgan fingerprint density at radius 3 is 2.66 bits per heavy atom. The molecule has 0 saturated carbocycles. The summed E-state index contributed by atoms with van der Waals surface area (Å²) in [5, 5.41) is 10.8. The van der Waals surface area contributed by atoms with Crippen molar-refractivity contribution in [2.75, 3.05) is 5.32 Å². The van der Waals surface area contributed by atoms with Crippen molar-refractivity contribution in [2.45, 2.75) is 32.2 Å². The topological polar surface area (TPSA) is 59.8 Å². The van der Waals surface area contributed by atoms with Gasteiger partial charge in [0, 0.05) is 18.7 Å². The van der Waals surface area contributed by atoms with Gasteiger partial charge in [-0.3, -0.25) is 4.79 Å². The number of hydrogen-bond donors (Lipinski definition) is 1. The summed E-state index contributed by atoms with van der Waals surface area (Å²) in [6.45, 7) is 0.716. The van der Waals surface area contributed by atoms with Gasteiger partial charge in [-0.2, -0.15) is 0 Å². The number of nitrogens with zero attached hydrogens (tertiary/aromatic N) is 3. The summed E-state index contributed by atoms with van der Waals surface area (Å²) in [5.74, 6) is -0.616. The van der Waals surface area contributed by atoms with Crippen LogP contribution in [0.4, 0.5) is 14.5 Å². The molecule has 4 rings (SSSR count). The molecule has 2 heterocycles. The Morgan fingerprint density at radius 1 is 1.00 bits per heavy atom. The number of aromatic nitrogens is 3. The summed E-state index contributed by atoms with van der Waals surface area (Å²) in [4.78, 5) is 12.5. The van der Waals surface area contributed by atoms with Gasteiger partial charge in [-0.15, -0.1) is 10.2 Å². The number of anilines is 1. The van der Waals surface area contributed by atoms with E-state index >= 15 is 0 Å². The molecule has 0 radical (unpaired) electrons. The minimum Gasteiger partial charge on any atom is -0.322 e. The van der Waals surface area contributed by atoms with E-state index in [-0.39, 0.29) is 21.2 Å². The molecule has 0 atom stereocenters. The number of fused-ring (bicyclic) bond motifs is 1. The van der Waals surface area contributed by atoms with Gasteiger partial charge in [0.15, 0.2) is 5.82 Å². The first-order chi connectivity index (χ1) is 13.9. The zero-order valence-electron chi connectivity index (χ0n) is 15.2. The zero-order chi connectivity index (χ0) is 20.5. The second kappa shape index (κ2) is 8.08. The van der Waals surface area contributed by atoms with E-state index in [9.17, 15) is 13.6 Å². The van der Waals surface area contributed by atoms with Gasteiger partial charge in [-0.1, -0.05) is 29.6 Å². The van der Waals surface area contributed by atoms with Gasteiger partial charge in [0.2, 0.25) is 0 Å². The highest BCUT2D eigenvalue weighted by Crippen LogP contribution is 2.29. The third-order valence-corrected chi connectivity index (χ3v) is 5.43. The minimum atomic E-state index is -0.757. The number of carbonyl (C=O) groups excluding carboxylic acids is 1. The second-order valence-electron chi connectivity index (χ2n) is 6.80. The normalized spacial score (nSPS) is 13.7. The van der Waals surface area contributed by atoms with Crippen LogP contribution in [0, 0.1) is 11.6 Å². The van der Waals surface area contributed by atoms with Crippen LogP contribution in [-0.2, 0) is 13.0 Å². The maximum Gasteiger partial charge on any atom is 0.257 e. The van der Waals surface area contributed by atoms with Gasteiger partial charge in [0.25, 0.3) is 5.91 Å². The van der Waals surface area contributed by atoms with E-state index in [2.05, 4.69) is 15.5 Å². The molecule has 1 aliphatic heterocycles. The number of carbonyl (C=O) groups is 1. The van der Waals surface area contributed by atoms with Gasteiger partial charge in [-0.25, -0.2) is 8.78 Å². The predicted molar refractivity (Wildman–Crippen MR) is 107 cm³/mol.